The molecule has 0 aliphatic carbocycles. The zero-order chi connectivity index (χ0) is 20.4. The maximum atomic E-state index is 6.37. The lowest BCUT2D eigenvalue weighted by atomic mass is 10.2. The van der Waals surface area contributed by atoms with Crippen molar-refractivity contribution in [1.29, 1.82) is 0 Å². The van der Waals surface area contributed by atoms with Gasteiger partial charge in [0.25, 0.3) is 5.95 Å². The van der Waals surface area contributed by atoms with Gasteiger partial charge in [-0.05, 0) is 63.7 Å². The molecule has 3 rings (SSSR count). The Morgan fingerprint density at radius 1 is 1.29 bits per heavy atom. The van der Waals surface area contributed by atoms with Crippen molar-refractivity contribution in [3.05, 3.63) is 44.9 Å². The monoisotopic (exact) mass is 420 g/mol. The van der Waals surface area contributed by atoms with Crippen LogP contribution in [0, 0.1) is 18.6 Å². The fraction of sp³-hybridized carbons (Fsp3) is 0.333. The number of rotatable bonds is 6. The molecule has 0 radical (unpaired) electrons. The highest BCUT2D eigenvalue weighted by molar-refractivity contribution is 7.71. The van der Waals surface area contributed by atoms with Gasteiger partial charge in [0.2, 0.25) is 4.77 Å². The molecule has 0 saturated heterocycles. The number of nitrogens with zero attached hydrogens (tertiary/aromatic N) is 5. The molecule has 0 unspecified atom stereocenters. The first kappa shape index (κ1) is 20.1. The third-order valence-corrected chi connectivity index (χ3v) is 4.30. The molecule has 0 aliphatic heterocycles. The minimum Gasteiger partial charge on any atom is -0.493 e. The number of aromatic amines is 1. The molecule has 0 atom stereocenters. The fourth-order valence-electron chi connectivity index (χ4n) is 2.64. The number of aryl methyl sites for hydroxylation is 2. The van der Waals surface area contributed by atoms with Crippen molar-refractivity contribution >= 4 is 30.0 Å². The Kier molecular flexibility index (Phi) is 5.85. The lowest BCUT2D eigenvalue weighted by Gasteiger charge is -2.15. The summed E-state index contributed by atoms with van der Waals surface area (Å²) in [5.41, 5.74) is 2.52. The molecule has 0 aliphatic rings. The van der Waals surface area contributed by atoms with E-state index < -0.39 is 0 Å². The Balaban J connectivity index is 1.99. The molecule has 28 heavy (non-hydrogen) atoms. The van der Waals surface area contributed by atoms with Crippen LogP contribution in [0.3, 0.4) is 0 Å². The average Bonchev–Trinajstić information content (AvgIpc) is 3.15. The molecule has 0 amide bonds. The maximum Gasteiger partial charge on any atom is 0.271 e. The molecule has 0 fully saturated rings. The van der Waals surface area contributed by atoms with Crippen LogP contribution in [0.1, 0.15) is 30.8 Å². The minimum atomic E-state index is -0.0292. The Labute approximate surface area is 172 Å². The van der Waals surface area contributed by atoms with E-state index >= 15 is 0 Å². The highest BCUT2D eigenvalue weighted by Crippen LogP contribution is 2.36. The molecule has 0 bridgehead atoms. The van der Waals surface area contributed by atoms with Gasteiger partial charge < -0.3 is 9.47 Å². The van der Waals surface area contributed by atoms with Crippen molar-refractivity contribution in [2.75, 3.05) is 7.11 Å². The molecular formula is C18H21ClN6O2S. The number of ether oxygens (including phenoxy) is 2. The lowest BCUT2D eigenvalue weighted by Crippen LogP contribution is -2.08. The van der Waals surface area contributed by atoms with Gasteiger partial charge in [-0.2, -0.15) is 14.9 Å². The third-order valence-electron chi connectivity index (χ3n) is 3.76. The van der Waals surface area contributed by atoms with Crippen molar-refractivity contribution in [2.45, 2.75) is 33.8 Å². The maximum absolute atomic E-state index is 6.37. The van der Waals surface area contributed by atoms with Crippen LogP contribution in [0.2, 0.25) is 5.02 Å². The third kappa shape index (κ3) is 4.10. The molecular weight excluding hydrogens is 400 g/mol. The van der Waals surface area contributed by atoms with Crippen molar-refractivity contribution in [3.8, 4) is 17.4 Å². The Morgan fingerprint density at radius 3 is 2.64 bits per heavy atom. The number of hydrogen-bond acceptors (Lipinski definition) is 6. The second-order valence-electron chi connectivity index (χ2n) is 6.42. The second kappa shape index (κ2) is 8.15. The molecule has 8 nitrogen and oxygen atoms in total. The molecule has 1 aromatic carbocycles. The van der Waals surface area contributed by atoms with Crippen molar-refractivity contribution in [2.24, 2.45) is 5.10 Å². The van der Waals surface area contributed by atoms with Gasteiger partial charge in [0.1, 0.15) is 0 Å². The van der Waals surface area contributed by atoms with Gasteiger partial charge in [0.15, 0.2) is 11.5 Å². The molecule has 10 heteroatoms. The van der Waals surface area contributed by atoms with Crippen LogP contribution >= 0.6 is 23.8 Å². The summed E-state index contributed by atoms with van der Waals surface area (Å²) < 4.78 is 14.7. The highest BCUT2D eigenvalue weighted by atomic mass is 35.5. The summed E-state index contributed by atoms with van der Waals surface area (Å²) in [4.78, 5) is 0. The summed E-state index contributed by atoms with van der Waals surface area (Å²) in [7, 11) is 1.56. The number of halogens is 1. The van der Waals surface area contributed by atoms with Crippen molar-refractivity contribution < 1.29 is 9.47 Å². The quantitative estimate of drug-likeness (QED) is 0.480. The summed E-state index contributed by atoms with van der Waals surface area (Å²) in [5, 5.41) is 16.3. The van der Waals surface area contributed by atoms with E-state index in [0.717, 1.165) is 17.0 Å². The van der Waals surface area contributed by atoms with E-state index in [0.29, 0.717) is 27.2 Å². The van der Waals surface area contributed by atoms with Crippen molar-refractivity contribution in [1.82, 2.24) is 24.7 Å². The number of benzene rings is 1. The smallest absolute Gasteiger partial charge is 0.271 e. The van der Waals surface area contributed by atoms with Crippen LogP contribution in [0.4, 0.5) is 0 Å². The first-order valence-corrected chi connectivity index (χ1v) is 9.38. The van der Waals surface area contributed by atoms with E-state index in [9.17, 15) is 0 Å². The van der Waals surface area contributed by atoms with Gasteiger partial charge in [-0.1, -0.05) is 11.6 Å². The first-order chi connectivity index (χ1) is 13.3. The number of hydrogen-bond donors (Lipinski definition) is 1. The van der Waals surface area contributed by atoms with E-state index in [2.05, 4.69) is 20.4 Å². The summed E-state index contributed by atoms with van der Waals surface area (Å²) in [6, 6.07) is 5.49. The highest BCUT2D eigenvalue weighted by Gasteiger charge is 2.14. The van der Waals surface area contributed by atoms with Crippen LogP contribution < -0.4 is 9.47 Å². The zero-order valence-corrected chi connectivity index (χ0v) is 17.8. The average molecular weight is 421 g/mol. The molecule has 0 saturated carbocycles. The Hall–Kier alpha value is -2.65. The number of aromatic nitrogens is 5. The molecule has 2 heterocycles. The lowest BCUT2D eigenvalue weighted by molar-refractivity contribution is 0.230. The van der Waals surface area contributed by atoms with Gasteiger partial charge in [-0.25, -0.2) is 9.78 Å². The van der Waals surface area contributed by atoms with E-state index in [1.807, 2.05) is 33.8 Å². The van der Waals surface area contributed by atoms with Gasteiger partial charge in [-0.3, -0.25) is 0 Å². The predicted molar refractivity (Wildman–Crippen MR) is 111 cm³/mol. The van der Waals surface area contributed by atoms with E-state index in [4.69, 9.17) is 33.3 Å². The van der Waals surface area contributed by atoms with Crippen LogP contribution in [-0.2, 0) is 0 Å². The first-order valence-electron chi connectivity index (χ1n) is 8.59. The summed E-state index contributed by atoms with van der Waals surface area (Å²) in [5.74, 6) is 1.49. The molecule has 0 spiro atoms. The normalized spacial score (nSPS) is 11.5. The van der Waals surface area contributed by atoms with Crippen molar-refractivity contribution in [3.63, 3.8) is 0 Å². The van der Waals surface area contributed by atoms with Crippen LogP contribution in [-0.4, -0.2) is 44.1 Å². The topological polar surface area (TPSA) is 82.3 Å². The molecule has 3 aromatic rings. The van der Waals surface area contributed by atoms with E-state index in [1.54, 1.807) is 30.1 Å². The zero-order valence-electron chi connectivity index (χ0n) is 16.2. The predicted octanol–water partition coefficient (Wildman–Crippen LogP) is 4.07. The summed E-state index contributed by atoms with van der Waals surface area (Å²) >= 11 is 11.7. The fourth-order valence-corrected chi connectivity index (χ4v) is 3.08. The van der Waals surface area contributed by atoms with Gasteiger partial charge >= 0.3 is 0 Å². The molecule has 2 aromatic heterocycles. The van der Waals surface area contributed by atoms with Gasteiger partial charge in [0.05, 0.1) is 30.1 Å². The van der Waals surface area contributed by atoms with Crippen LogP contribution in [0.5, 0.6) is 11.5 Å². The summed E-state index contributed by atoms with van der Waals surface area (Å²) in [6.45, 7) is 7.69. The molecule has 1 N–H and O–H groups in total. The minimum absolute atomic E-state index is 0.0292. The van der Waals surface area contributed by atoms with Crippen LogP contribution in [0.15, 0.2) is 23.3 Å². The SMILES string of the molecule is COc1cc(/C=N\n2c(-n3nc(C)cc3C)n[nH]c2=S)cc(Cl)c1OC(C)C. The second-order valence-corrected chi connectivity index (χ2v) is 7.22. The van der Waals surface area contributed by atoms with E-state index in [-0.39, 0.29) is 6.10 Å². The molecule has 148 valence electrons. The van der Waals surface area contributed by atoms with E-state index in [1.165, 1.54) is 4.68 Å². The Morgan fingerprint density at radius 2 is 2.04 bits per heavy atom. The van der Waals surface area contributed by atoms with Crippen LogP contribution in [0.25, 0.3) is 5.95 Å². The van der Waals surface area contributed by atoms with Gasteiger partial charge in [-0.15, -0.1) is 5.10 Å². The number of H-pyrrole nitrogens is 1. The standard InChI is InChI=1S/C18H21ClN6O2S/c1-10(2)27-16-14(19)7-13(8-15(16)26-5)9-20-25-17(21-22-18(25)28)24-12(4)6-11(3)23-24/h6-10H,1-5H3,(H,22,28)/b20-9-. The number of methoxy groups -OCH3 is 1. The Bertz CT molecular complexity index is 1080. The number of nitrogens with one attached hydrogen (secondary N) is 1. The summed E-state index contributed by atoms with van der Waals surface area (Å²) in [6.07, 6.45) is 1.59. The largest absolute Gasteiger partial charge is 0.493 e. The van der Waals surface area contributed by atoms with Gasteiger partial charge in [0, 0.05) is 5.69 Å².